The lowest BCUT2D eigenvalue weighted by Gasteiger charge is -2.09. The molecule has 0 saturated heterocycles. The normalized spacial score (nSPS) is 8.00. The average molecular weight is 148 g/mol. The zero-order valence-corrected chi connectivity index (χ0v) is 6.30. The highest BCUT2D eigenvalue weighted by molar-refractivity contribution is 4.89. The Morgan fingerprint density at radius 3 is 1.70 bits per heavy atom. The summed E-state index contributed by atoms with van der Waals surface area (Å²) in [6.45, 7) is 0. The maximum atomic E-state index is 5.04. The summed E-state index contributed by atoms with van der Waals surface area (Å²) in [6.07, 6.45) is 0. The van der Waals surface area contributed by atoms with Gasteiger partial charge in [-0.05, 0) is 0 Å². The number of hydrogen-bond acceptors (Lipinski definition) is 5. The van der Waals surface area contributed by atoms with E-state index in [0.29, 0.717) is 0 Å². The van der Waals surface area contributed by atoms with Crippen molar-refractivity contribution in [1.29, 1.82) is 0 Å². The summed E-state index contributed by atoms with van der Waals surface area (Å²) in [5, 5.41) is 0. The summed E-state index contributed by atoms with van der Waals surface area (Å²) >= 11 is 0. The molecule has 5 heteroatoms. The van der Waals surface area contributed by atoms with Crippen LogP contribution in [0.2, 0.25) is 0 Å². The zero-order valence-electron chi connectivity index (χ0n) is 6.30. The third-order valence-corrected chi connectivity index (χ3v) is 0.891. The van der Waals surface area contributed by atoms with E-state index >= 15 is 0 Å². The lowest BCUT2D eigenvalue weighted by molar-refractivity contribution is 0.0627. The predicted octanol–water partition coefficient (Wildman–Crippen LogP) is -0.484. The number of nitrogens with two attached hydrogens (primary N) is 1. The molecule has 0 aliphatic heterocycles. The van der Waals surface area contributed by atoms with Gasteiger partial charge in [0.15, 0.2) is 0 Å². The highest BCUT2D eigenvalue weighted by atomic mass is 16.7. The molecule has 0 atom stereocenters. The van der Waals surface area contributed by atoms with Crippen LogP contribution in [0.15, 0.2) is 11.8 Å². The van der Waals surface area contributed by atoms with E-state index in [0.717, 1.165) is 0 Å². The molecular formula is C5H12N2O3. The fourth-order valence-corrected chi connectivity index (χ4v) is 0.470. The third kappa shape index (κ3) is 2.02. The predicted molar refractivity (Wildman–Crippen MR) is 35.4 cm³/mol. The molecule has 0 aromatic rings. The van der Waals surface area contributed by atoms with E-state index in [1.165, 1.54) is 21.3 Å². The van der Waals surface area contributed by atoms with Gasteiger partial charge in [-0.1, -0.05) is 0 Å². The van der Waals surface area contributed by atoms with E-state index in [9.17, 15) is 0 Å². The van der Waals surface area contributed by atoms with Crippen LogP contribution in [0.4, 0.5) is 0 Å². The van der Waals surface area contributed by atoms with Crippen LogP contribution >= 0.6 is 0 Å². The molecule has 0 aromatic heterocycles. The van der Waals surface area contributed by atoms with Gasteiger partial charge < -0.3 is 14.2 Å². The van der Waals surface area contributed by atoms with Gasteiger partial charge in [0, 0.05) is 0 Å². The molecule has 0 rings (SSSR count). The first-order valence-electron chi connectivity index (χ1n) is 2.63. The zero-order chi connectivity index (χ0) is 7.98. The Morgan fingerprint density at radius 1 is 1.10 bits per heavy atom. The number of rotatable bonds is 4. The van der Waals surface area contributed by atoms with Gasteiger partial charge in [-0.3, -0.25) is 5.43 Å². The van der Waals surface area contributed by atoms with Gasteiger partial charge in [-0.25, -0.2) is 5.84 Å². The molecule has 0 fully saturated rings. The second-order valence-corrected chi connectivity index (χ2v) is 1.37. The van der Waals surface area contributed by atoms with Crippen LogP contribution in [0.25, 0.3) is 0 Å². The minimum Gasteiger partial charge on any atom is -0.477 e. The maximum Gasteiger partial charge on any atom is 0.343 e. The molecule has 5 nitrogen and oxygen atoms in total. The molecule has 0 radical (unpaired) electrons. The molecule has 0 heterocycles. The van der Waals surface area contributed by atoms with Crippen LogP contribution in [0, 0.1) is 0 Å². The smallest absolute Gasteiger partial charge is 0.343 e. The second kappa shape index (κ2) is 4.75. The van der Waals surface area contributed by atoms with Gasteiger partial charge in [0.25, 0.3) is 5.88 Å². The number of methoxy groups -OCH3 is 3. The molecule has 0 aliphatic carbocycles. The van der Waals surface area contributed by atoms with Crippen LogP contribution in [0.3, 0.4) is 0 Å². The van der Waals surface area contributed by atoms with E-state index in [1.807, 2.05) is 0 Å². The van der Waals surface area contributed by atoms with Crippen molar-refractivity contribution in [3.05, 3.63) is 11.8 Å². The topological polar surface area (TPSA) is 65.7 Å². The van der Waals surface area contributed by atoms with Crippen molar-refractivity contribution in [2.24, 2.45) is 5.84 Å². The van der Waals surface area contributed by atoms with Gasteiger partial charge in [0.05, 0.1) is 21.3 Å². The third-order valence-electron chi connectivity index (χ3n) is 0.891. The quantitative estimate of drug-likeness (QED) is 0.320. The van der Waals surface area contributed by atoms with Crippen molar-refractivity contribution >= 4 is 0 Å². The van der Waals surface area contributed by atoms with Crippen molar-refractivity contribution in [1.82, 2.24) is 5.43 Å². The fourth-order valence-electron chi connectivity index (χ4n) is 0.470. The van der Waals surface area contributed by atoms with Crippen molar-refractivity contribution in [2.75, 3.05) is 21.3 Å². The van der Waals surface area contributed by atoms with E-state index in [1.54, 1.807) is 0 Å². The SMILES string of the molecule is COC(NN)=C(OC)OC. The minimum atomic E-state index is 0.213. The van der Waals surface area contributed by atoms with Crippen LogP contribution in [0.5, 0.6) is 0 Å². The summed E-state index contributed by atoms with van der Waals surface area (Å²) in [4.78, 5) is 0. The lowest BCUT2D eigenvalue weighted by Crippen LogP contribution is -2.24. The van der Waals surface area contributed by atoms with Crippen molar-refractivity contribution < 1.29 is 14.2 Å². The monoisotopic (exact) mass is 148 g/mol. The Hall–Kier alpha value is -1.10. The van der Waals surface area contributed by atoms with E-state index < -0.39 is 0 Å². The molecule has 0 aromatic carbocycles. The Morgan fingerprint density at radius 2 is 1.60 bits per heavy atom. The Balaban J connectivity index is 4.20. The molecular weight excluding hydrogens is 136 g/mol. The highest BCUT2D eigenvalue weighted by Gasteiger charge is 2.04. The molecule has 0 amide bonds. The summed E-state index contributed by atoms with van der Waals surface area (Å²) in [5.41, 5.74) is 2.26. The van der Waals surface area contributed by atoms with E-state index in [-0.39, 0.29) is 11.8 Å². The van der Waals surface area contributed by atoms with Crippen LogP contribution in [-0.2, 0) is 14.2 Å². The molecule has 10 heavy (non-hydrogen) atoms. The van der Waals surface area contributed by atoms with Gasteiger partial charge >= 0.3 is 5.95 Å². The molecule has 0 unspecified atom stereocenters. The van der Waals surface area contributed by atoms with E-state index in [4.69, 9.17) is 20.1 Å². The Labute approximate surface area is 59.7 Å². The summed E-state index contributed by atoms with van der Waals surface area (Å²) < 4.78 is 14.2. The first kappa shape index (κ1) is 8.90. The molecule has 0 aliphatic rings. The lowest BCUT2D eigenvalue weighted by atomic mass is 10.8. The number of hydrogen-bond donors (Lipinski definition) is 2. The second-order valence-electron chi connectivity index (χ2n) is 1.37. The number of nitrogens with one attached hydrogen (secondary N) is 1. The highest BCUT2D eigenvalue weighted by Crippen LogP contribution is 2.01. The molecule has 3 N–H and O–H groups in total. The number of hydrazine groups is 1. The van der Waals surface area contributed by atoms with Crippen molar-refractivity contribution in [2.45, 2.75) is 0 Å². The standard InChI is InChI=1S/C5H12N2O3/c1-8-4(7-6)5(9-2)10-3/h7H,6H2,1-3H3. The largest absolute Gasteiger partial charge is 0.477 e. The average Bonchev–Trinajstić information content (AvgIpc) is 2.00. The molecule has 60 valence electrons. The summed E-state index contributed by atoms with van der Waals surface area (Å²) in [6, 6.07) is 0. The minimum absolute atomic E-state index is 0.213. The Bertz CT molecular complexity index is 98.1. The van der Waals surface area contributed by atoms with Crippen LogP contribution in [0.1, 0.15) is 0 Å². The number of ether oxygens (including phenoxy) is 3. The van der Waals surface area contributed by atoms with Crippen molar-refractivity contribution in [3.8, 4) is 0 Å². The first-order chi connectivity index (χ1) is 4.79. The molecule has 0 bridgehead atoms. The van der Waals surface area contributed by atoms with Crippen LogP contribution in [-0.4, -0.2) is 21.3 Å². The van der Waals surface area contributed by atoms with E-state index in [2.05, 4.69) is 5.43 Å². The van der Waals surface area contributed by atoms with Gasteiger partial charge in [-0.15, -0.1) is 0 Å². The van der Waals surface area contributed by atoms with Gasteiger partial charge in [-0.2, -0.15) is 0 Å². The summed E-state index contributed by atoms with van der Waals surface area (Å²) in [5.74, 6) is 5.51. The molecule has 0 saturated carbocycles. The van der Waals surface area contributed by atoms with Gasteiger partial charge in [0.1, 0.15) is 0 Å². The fraction of sp³-hybridized carbons (Fsp3) is 0.600. The summed E-state index contributed by atoms with van der Waals surface area (Å²) in [7, 11) is 4.36. The maximum absolute atomic E-state index is 5.04. The van der Waals surface area contributed by atoms with Gasteiger partial charge in [0.2, 0.25) is 0 Å². The Kier molecular flexibility index (Phi) is 4.23. The van der Waals surface area contributed by atoms with Crippen LogP contribution < -0.4 is 11.3 Å². The molecule has 0 spiro atoms. The van der Waals surface area contributed by atoms with Crippen molar-refractivity contribution in [3.63, 3.8) is 0 Å². The first-order valence-corrected chi connectivity index (χ1v) is 2.63.